The van der Waals surface area contributed by atoms with Crippen molar-refractivity contribution in [2.75, 3.05) is 34.4 Å². The van der Waals surface area contributed by atoms with Gasteiger partial charge in [-0.2, -0.15) is 5.10 Å². The van der Waals surface area contributed by atoms with E-state index in [2.05, 4.69) is 16.6 Å². The molecule has 30 heavy (non-hydrogen) atoms. The van der Waals surface area contributed by atoms with Gasteiger partial charge in [0, 0.05) is 24.0 Å². The molecule has 0 atom stereocenters. The van der Waals surface area contributed by atoms with E-state index in [4.69, 9.17) is 14.2 Å². The van der Waals surface area contributed by atoms with Gasteiger partial charge in [0.25, 0.3) is 5.91 Å². The summed E-state index contributed by atoms with van der Waals surface area (Å²) in [5.74, 6) is 1.64. The topological polar surface area (TPSA) is 73.6 Å². The molecule has 1 aliphatic heterocycles. The molecular weight excluding hydrogens is 382 g/mol. The lowest BCUT2D eigenvalue weighted by atomic mass is 10.1. The Balaban J connectivity index is 1.73. The minimum atomic E-state index is -0.314. The van der Waals surface area contributed by atoms with E-state index in [1.54, 1.807) is 37.3 Å². The zero-order chi connectivity index (χ0) is 21.5. The quantitative estimate of drug-likeness (QED) is 0.514. The van der Waals surface area contributed by atoms with Gasteiger partial charge in [-0.25, -0.2) is 5.43 Å². The van der Waals surface area contributed by atoms with Crippen molar-refractivity contribution in [1.29, 1.82) is 0 Å². The smallest absolute Gasteiger partial charge is 0.271 e. The van der Waals surface area contributed by atoms with E-state index in [1.807, 2.05) is 19.1 Å². The molecule has 0 radical (unpaired) electrons. The van der Waals surface area contributed by atoms with E-state index < -0.39 is 0 Å². The van der Waals surface area contributed by atoms with E-state index in [0.717, 1.165) is 29.1 Å². The number of hydrazone groups is 1. The van der Waals surface area contributed by atoms with E-state index in [-0.39, 0.29) is 5.91 Å². The molecule has 3 rings (SSSR count). The number of benzene rings is 2. The average Bonchev–Trinajstić information content (AvgIpc) is 3.29. The third-order valence-corrected chi connectivity index (χ3v) is 5.42. The van der Waals surface area contributed by atoms with Crippen molar-refractivity contribution in [3.8, 4) is 17.2 Å². The lowest BCUT2D eigenvalue weighted by molar-refractivity contribution is -0.901. The van der Waals surface area contributed by atoms with E-state index in [9.17, 15) is 4.79 Å². The molecule has 0 saturated carbocycles. The third-order valence-electron chi connectivity index (χ3n) is 5.42. The van der Waals surface area contributed by atoms with Crippen LogP contribution in [0.15, 0.2) is 41.5 Å². The molecule has 0 unspecified atom stereocenters. The second-order valence-corrected chi connectivity index (χ2v) is 7.37. The first-order valence-corrected chi connectivity index (χ1v) is 10.1. The average molecular weight is 413 g/mol. The standard InChI is InChI=1S/C23H29N3O4/c1-16(24-25-23(27)18-8-10-21(29-3)22(14-18)30-4)17-7-9-20(28-2)19(13-17)15-26-11-5-6-12-26/h7-10,13-14H,5-6,11-12,15H2,1-4H3,(H,25,27)/p+1/b24-16-. The first-order chi connectivity index (χ1) is 14.5. The fourth-order valence-corrected chi connectivity index (χ4v) is 3.70. The molecule has 2 N–H and O–H groups in total. The molecule has 7 nitrogen and oxygen atoms in total. The Morgan fingerprint density at radius 2 is 1.57 bits per heavy atom. The van der Waals surface area contributed by atoms with Gasteiger partial charge in [0.2, 0.25) is 0 Å². The van der Waals surface area contributed by atoms with E-state index in [1.165, 1.54) is 33.0 Å². The van der Waals surface area contributed by atoms with Crippen LogP contribution < -0.4 is 24.5 Å². The summed E-state index contributed by atoms with van der Waals surface area (Å²) in [7, 11) is 4.79. The number of rotatable bonds is 8. The molecule has 0 aliphatic carbocycles. The molecule has 2 aromatic carbocycles. The van der Waals surface area contributed by atoms with Crippen LogP contribution in [0.25, 0.3) is 0 Å². The zero-order valence-electron chi connectivity index (χ0n) is 18.1. The van der Waals surface area contributed by atoms with Crippen molar-refractivity contribution in [2.45, 2.75) is 26.3 Å². The molecule has 1 heterocycles. The number of hydrogen-bond acceptors (Lipinski definition) is 5. The maximum absolute atomic E-state index is 12.5. The van der Waals surface area contributed by atoms with Gasteiger partial charge in [0.15, 0.2) is 11.5 Å². The normalized spacial score (nSPS) is 14.5. The molecule has 0 spiro atoms. The predicted octanol–water partition coefficient (Wildman–Crippen LogP) is 2.05. The highest BCUT2D eigenvalue weighted by molar-refractivity contribution is 6.01. The SMILES string of the molecule is COc1ccc(/C(C)=N\NC(=O)c2ccc(OC)c(OC)c2)cc1C[NH+]1CCCC1. The summed E-state index contributed by atoms with van der Waals surface area (Å²) < 4.78 is 16.0. The lowest BCUT2D eigenvalue weighted by Crippen LogP contribution is -3.08. The maximum Gasteiger partial charge on any atom is 0.271 e. The number of carbonyl (C=O) groups is 1. The summed E-state index contributed by atoms with van der Waals surface area (Å²) >= 11 is 0. The molecule has 0 bridgehead atoms. The van der Waals surface area contributed by atoms with Crippen molar-refractivity contribution in [3.05, 3.63) is 53.1 Å². The molecule has 160 valence electrons. The number of ether oxygens (including phenoxy) is 3. The first-order valence-electron chi connectivity index (χ1n) is 10.1. The summed E-state index contributed by atoms with van der Waals surface area (Å²) in [6.07, 6.45) is 2.56. The fraction of sp³-hybridized carbons (Fsp3) is 0.391. The Bertz CT molecular complexity index is 921. The number of likely N-dealkylation sites (tertiary alicyclic amines) is 1. The van der Waals surface area contributed by atoms with Crippen molar-refractivity contribution in [2.24, 2.45) is 5.10 Å². The van der Waals surface area contributed by atoms with Gasteiger partial charge in [-0.15, -0.1) is 0 Å². The van der Waals surface area contributed by atoms with Crippen LogP contribution in [-0.4, -0.2) is 46.0 Å². The Morgan fingerprint density at radius 1 is 0.933 bits per heavy atom. The number of nitrogens with zero attached hydrogens (tertiary/aromatic N) is 1. The zero-order valence-corrected chi connectivity index (χ0v) is 18.1. The number of methoxy groups -OCH3 is 3. The van der Waals surface area contributed by atoms with Gasteiger partial charge in [-0.3, -0.25) is 4.79 Å². The fourth-order valence-electron chi connectivity index (χ4n) is 3.70. The molecule has 1 amide bonds. The number of carbonyl (C=O) groups excluding carboxylic acids is 1. The summed E-state index contributed by atoms with van der Waals surface area (Å²) in [6, 6.07) is 11.0. The monoisotopic (exact) mass is 412 g/mol. The van der Waals surface area contributed by atoms with E-state index >= 15 is 0 Å². The number of nitrogens with one attached hydrogen (secondary N) is 2. The molecule has 2 aromatic rings. The Labute approximate surface area is 177 Å². The minimum Gasteiger partial charge on any atom is -0.496 e. The molecule has 0 aromatic heterocycles. The van der Waals surface area contributed by atoms with Crippen molar-refractivity contribution in [3.63, 3.8) is 0 Å². The highest BCUT2D eigenvalue weighted by Crippen LogP contribution is 2.27. The van der Waals surface area contributed by atoms with Gasteiger partial charge in [0.1, 0.15) is 12.3 Å². The number of hydrogen-bond donors (Lipinski definition) is 2. The van der Waals surface area contributed by atoms with Gasteiger partial charge in [0.05, 0.1) is 40.1 Å². The van der Waals surface area contributed by atoms with Crippen LogP contribution in [0.5, 0.6) is 17.2 Å². The summed E-state index contributed by atoms with van der Waals surface area (Å²) in [4.78, 5) is 14.1. The van der Waals surface area contributed by atoms with Crippen LogP contribution in [0, 0.1) is 0 Å². The van der Waals surface area contributed by atoms with Gasteiger partial charge < -0.3 is 19.1 Å². The highest BCUT2D eigenvalue weighted by atomic mass is 16.5. The molecule has 7 heteroatoms. The highest BCUT2D eigenvalue weighted by Gasteiger charge is 2.18. The summed E-state index contributed by atoms with van der Waals surface area (Å²) in [5.41, 5.74) is 5.91. The van der Waals surface area contributed by atoms with Crippen LogP contribution in [0.2, 0.25) is 0 Å². The largest absolute Gasteiger partial charge is 0.496 e. The molecular formula is C23H30N3O4+. The predicted molar refractivity (Wildman–Crippen MR) is 116 cm³/mol. The second kappa shape index (κ2) is 10.1. The molecule has 1 saturated heterocycles. The van der Waals surface area contributed by atoms with Crippen LogP contribution in [0.4, 0.5) is 0 Å². The molecule has 1 aliphatic rings. The van der Waals surface area contributed by atoms with Gasteiger partial charge >= 0.3 is 0 Å². The van der Waals surface area contributed by atoms with Crippen LogP contribution in [0.1, 0.15) is 41.3 Å². The van der Waals surface area contributed by atoms with E-state index in [0.29, 0.717) is 17.1 Å². The Hall–Kier alpha value is -3.06. The Kier molecular flexibility index (Phi) is 7.30. The van der Waals surface area contributed by atoms with Crippen molar-refractivity contribution < 1.29 is 23.9 Å². The molecule has 1 fully saturated rings. The summed E-state index contributed by atoms with van der Waals surface area (Å²) in [6.45, 7) is 5.20. The maximum atomic E-state index is 12.5. The van der Waals surface area contributed by atoms with Crippen LogP contribution in [0.3, 0.4) is 0 Å². The van der Waals surface area contributed by atoms with Crippen molar-refractivity contribution >= 4 is 11.6 Å². The van der Waals surface area contributed by atoms with Gasteiger partial charge in [-0.05, 0) is 48.9 Å². The minimum absolute atomic E-state index is 0.314. The van der Waals surface area contributed by atoms with Crippen LogP contribution >= 0.6 is 0 Å². The van der Waals surface area contributed by atoms with Crippen molar-refractivity contribution in [1.82, 2.24) is 5.43 Å². The van der Waals surface area contributed by atoms with Crippen LogP contribution in [-0.2, 0) is 6.54 Å². The number of quaternary nitrogens is 1. The third kappa shape index (κ3) is 5.10. The lowest BCUT2D eigenvalue weighted by Gasteiger charge is -2.15. The van der Waals surface area contributed by atoms with Gasteiger partial charge in [-0.1, -0.05) is 0 Å². The second-order valence-electron chi connectivity index (χ2n) is 7.37. The Morgan fingerprint density at radius 3 is 2.23 bits per heavy atom. The summed E-state index contributed by atoms with van der Waals surface area (Å²) in [5, 5.41) is 4.29. The first kappa shape index (κ1) is 21.6. The number of amides is 1.